The van der Waals surface area contributed by atoms with Crippen molar-refractivity contribution < 1.29 is 9.84 Å². The Morgan fingerprint density at radius 2 is 1.86 bits per heavy atom. The van der Waals surface area contributed by atoms with Crippen LogP contribution in [0.15, 0.2) is 54.1 Å². The maximum absolute atomic E-state index is 9.46. The summed E-state index contributed by atoms with van der Waals surface area (Å²) in [6.45, 7) is 6.28. The van der Waals surface area contributed by atoms with E-state index in [4.69, 9.17) is 4.74 Å². The fourth-order valence-corrected chi connectivity index (χ4v) is 2.31. The molecule has 21 heavy (non-hydrogen) atoms. The molecular weight excluding hydrogens is 260 g/mol. The quantitative estimate of drug-likeness (QED) is 0.783. The highest BCUT2D eigenvalue weighted by Gasteiger charge is 2.12. The van der Waals surface area contributed by atoms with Gasteiger partial charge in [-0.05, 0) is 49.6 Å². The van der Waals surface area contributed by atoms with E-state index in [9.17, 15) is 5.11 Å². The Kier molecular flexibility index (Phi) is 5.54. The number of hydrogen-bond donors (Lipinski definition) is 1. The van der Waals surface area contributed by atoms with Crippen LogP contribution in [0.3, 0.4) is 0 Å². The summed E-state index contributed by atoms with van der Waals surface area (Å²) in [5, 5.41) is 11.9. The molecule has 0 fully saturated rings. The van der Waals surface area contributed by atoms with Crippen LogP contribution in [0.1, 0.15) is 38.9 Å². The average Bonchev–Trinajstić information content (AvgIpc) is 2.46. The van der Waals surface area contributed by atoms with Gasteiger partial charge < -0.3 is 9.84 Å². The third-order valence-electron chi connectivity index (χ3n) is 3.42. The number of rotatable bonds is 6. The number of aliphatic hydroxyl groups is 1. The van der Waals surface area contributed by atoms with E-state index in [1.54, 1.807) is 6.92 Å². The maximum Gasteiger partial charge on any atom is 0.0860 e. The minimum absolute atomic E-state index is 0.0147. The zero-order valence-electron chi connectivity index (χ0n) is 13.0. The summed E-state index contributed by atoms with van der Waals surface area (Å²) in [5.41, 5.74) is 2.44. The molecule has 2 aromatic carbocycles. The van der Waals surface area contributed by atoms with Gasteiger partial charge in [-0.25, -0.2) is 0 Å². The molecule has 2 atom stereocenters. The van der Waals surface area contributed by atoms with Crippen molar-refractivity contribution in [2.24, 2.45) is 0 Å². The molecular formula is C19H24O2. The molecule has 0 aliphatic heterocycles. The largest absolute Gasteiger partial charge is 0.391 e. The lowest BCUT2D eigenvalue weighted by Gasteiger charge is -2.19. The van der Waals surface area contributed by atoms with Gasteiger partial charge in [0.05, 0.1) is 18.8 Å². The van der Waals surface area contributed by atoms with E-state index in [0.29, 0.717) is 6.61 Å². The van der Waals surface area contributed by atoms with Crippen LogP contribution < -0.4 is 0 Å². The lowest BCUT2D eigenvalue weighted by atomic mass is 10.0. The van der Waals surface area contributed by atoms with Gasteiger partial charge in [-0.2, -0.15) is 0 Å². The van der Waals surface area contributed by atoms with Crippen LogP contribution >= 0.6 is 0 Å². The van der Waals surface area contributed by atoms with Gasteiger partial charge in [-0.1, -0.05) is 48.0 Å². The maximum atomic E-state index is 9.46. The van der Waals surface area contributed by atoms with Crippen molar-refractivity contribution in [2.75, 3.05) is 6.61 Å². The summed E-state index contributed by atoms with van der Waals surface area (Å²) >= 11 is 0. The molecule has 2 aromatic rings. The first-order valence-corrected chi connectivity index (χ1v) is 7.48. The fraction of sp³-hybridized carbons (Fsp3) is 0.368. The van der Waals surface area contributed by atoms with Crippen molar-refractivity contribution in [3.8, 4) is 0 Å². The minimum Gasteiger partial charge on any atom is -0.391 e. The Bertz CT molecular complexity index is 610. The predicted molar refractivity (Wildman–Crippen MR) is 88.4 cm³/mol. The lowest BCUT2D eigenvalue weighted by molar-refractivity contribution is -0.00252. The zero-order valence-corrected chi connectivity index (χ0v) is 13.0. The average molecular weight is 284 g/mol. The Hall–Kier alpha value is -1.64. The molecule has 0 radical (unpaired) electrons. The molecule has 0 spiro atoms. The van der Waals surface area contributed by atoms with Crippen molar-refractivity contribution in [3.63, 3.8) is 0 Å². The summed E-state index contributed by atoms with van der Waals surface area (Å²) in [4.78, 5) is 0. The highest BCUT2D eigenvalue weighted by Crippen LogP contribution is 2.26. The van der Waals surface area contributed by atoms with E-state index in [0.717, 1.165) is 12.0 Å². The second kappa shape index (κ2) is 7.39. The van der Waals surface area contributed by atoms with Gasteiger partial charge in [0.25, 0.3) is 0 Å². The normalized spacial score (nSPS) is 13.9. The first-order valence-electron chi connectivity index (χ1n) is 7.48. The highest BCUT2D eigenvalue weighted by molar-refractivity contribution is 5.83. The van der Waals surface area contributed by atoms with Gasteiger partial charge in [-0.3, -0.25) is 0 Å². The minimum atomic E-state index is -0.445. The topological polar surface area (TPSA) is 29.5 Å². The Morgan fingerprint density at radius 1 is 1.14 bits per heavy atom. The summed E-state index contributed by atoms with van der Waals surface area (Å²) in [5.74, 6) is 0. The van der Waals surface area contributed by atoms with Gasteiger partial charge in [0, 0.05) is 0 Å². The molecule has 2 nitrogen and oxygen atoms in total. The molecule has 0 aliphatic carbocycles. The first-order chi connectivity index (χ1) is 10.1. The zero-order chi connectivity index (χ0) is 15.2. The van der Waals surface area contributed by atoms with Crippen LogP contribution in [0.5, 0.6) is 0 Å². The van der Waals surface area contributed by atoms with Crippen LogP contribution in [0, 0.1) is 0 Å². The number of benzene rings is 2. The first kappa shape index (κ1) is 15.7. The van der Waals surface area contributed by atoms with Gasteiger partial charge in [0.15, 0.2) is 0 Å². The molecule has 0 aliphatic rings. The molecule has 0 saturated carbocycles. The van der Waals surface area contributed by atoms with E-state index >= 15 is 0 Å². The molecule has 112 valence electrons. The third kappa shape index (κ3) is 4.69. The molecule has 1 N–H and O–H groups in total. The number of aliphatic hydroxyl groups excluding tert-OH is 1. The van der Waals surface area contributed by atoms with Crippen LogP contribution in [0.4, 0.5) is 0 Å². The smallest absolute Gasteiger partial charge is 0.0860 e. The van der Waals surface area contributed by atoms with Crippen molar-refractivity contribution in [1.82, 2.24) is 0 Å². The van der Waals surface area contributed by atoms with Crippen LogP contribution in [0.2, 0.25) is 0 Å². The van der Waals surface area contributed by atoms with E-state index in [1.807, 2.05) is 12.1 Å². The summed E-state index contributed by atoms with van der Waals surface area (Å²) in [6, 6.07) is 14.8. The SMILES string of the molecule is CC(C)=CCC(OCC(C)O)c1ccc2ccccc2c1. The Labute approximate surface area is 127 Å². The van der Waals surface area contributed by atoms with Crippen LogP contribution in [0.25, 0.3) is 10.8 Å². The standard InChI is InChI=1S/C19H24O2/c1-14(2)8-11-19(21-13-15(3)20)18-10-9-16-6-4-5-7-17(16)12-18/h4-10,12,15,19-20H,11,13H2,1-3H3. The van der Waals surface area contributed by atoms with Crippen molar-refractivity contribution in [2.45, 2.75) is 39.4 Å². The Morgan fingerprint density at radius 3 is 2.52 bits per heavy atom. The van der Waals surface area contributed by atoms with Gasteiger partial charge in [0.1, 0.15) is 0 Å². The molecule has 0 bridgehead atoms. The van der Waals surface area contributed by atoms with Crippen molar-refractivity contribution in [3.05, 3.63) is 59.7 Å². The predicted octanol–water partition coefficient (Wildman–Crippen LogP) is 4.63. The number of ether oxygens (including phenoxy) is 1. The molecule has 0 saturated heterocycles. The number of fused-ring (bicyclic) bond motifs is 1. The van der Waals surface area contributed by atoms with E-state index in [1.165, 1.54) is 16.3 Å². The lowest BCUT2D eigenvalue weighted by Crippen LogP contribution is -2.14. The van der Waals surface area contributed by atoms with E-state index in [-0.39, 0.29) is 6.10 Å². The molecule has 2 rings (SSSR count). The summed E-state index contributed by atoms with van der Waals surface area (Å²) < 4.78 is 5.89. The van der Waals surface area contributed by atoms with Crippen LogP contribution in [-0.2, 0) is 4.74 Å². The van der Waals surface area contributed by atoms with Crippen LogP contribution in [-0.4, -0.2) is 17.8 Å². The van der Waals surface area contributed by atoms with Crippen molar-refractivity contribution in [1.29, 1.82) is 0 Å². The van der Waals surface area contributed by atoms with E-state index in [2.05, 4.69) is 50.3 Å². The molecule has 0 aromatic heterocycles. The fourth-order valence-electron chi connectivity index (χ4n) is 2.31. The van der Waals surface area contributed by atoms with E-state index < -0.39 is 6.10 Å². The van der Waals surface area contributed by atoms with Gasteiger partial charge in [0.2, 0.25) is 0 Å². The molecule has 2 heteroatoms. The summed E-state index contributed by atoms with van der Waals surface area (Å²) in [6.07, 6.45) is 2.55. The molecule has 0 heterocycles. The number of allylic oxidation sites excluding steroid dienone is 1. The highest BCUT2D eigenvalue weighted by atomic mass is 16.5. The summed E-state index contributed by atoms with van der Waals surface area (Å²) in [7, 11) is 0. The second-order valence-electron chi connectivity index (χ2n) is 5.79. The Balaban J connectivity index is 2.25. The number of hydrogen-bond acceptors (Lipinski definition) is 2. The van der Waals surface area contributed by atoms with Gasteiger partial charge in [-0.15, -0.1) is 0 Å². The van der Waals surface area contributed by atoms with Gasteiger partial charge >= 0.3 is 0 Å². The monoisotopic (exact) mass is 284 g/mol. The third-order valence-corrected chi connectivity index (χ3v) is 3.42. The molecule has 0 amide bonds. The second-order valence-corrected chi connectivity index (χ2v) is 5.79. The van der Waals surface area contributed by atoms with Crippen molar-refractivity contribution >= 4 is 10.8 Å². The molecule has 2 unspecified atom stereocenters.